The van der Waals surface area contributed by atoms with Gasteiger partial charge in [0.1, 0.15) is 30.6 Å². The lowest BCUT2D eigenvalue weighted by Gasteiger charge is -2.24. The van der Waals surface area contributed by atoms with E-state index in [1.165, 1.54) is 5.56 Å². The zero-order valence-electron chi connectivity index (χ0n) is 15.3. The van der Waals surface area contributed by atoms with Crippen molar-refractivity contribution in [2.75, 3.05) is 19.7 Å². The van der Waals surface area contributed by atoms with Crippen LogP contribution in [-0.2, 0) is 13.0 Å². The standard InChI is InChI=1S/C19H28N4O2/c1-13-4-5-14(2)19(15(13)3)25-11-17(24)9-20-8-16-6-7-18-22-21-12-23(18)10-16/h4-5,12,16-17,20,24H,6-11H2,1-3H3. The number of aromatic nitrogens is 3. The summed E-state index contributed by atoms with van der Waals surface area (Å²) in [5, 5.41) is 21.6. The summed E-state index contributed by atoms with van der Waals surface area (Å²) in [6, 6.07) is 4.16. The van der Waals surface area contributed by atoms with Crippen molar-refractivity contribution >= 4 is 0 Å². The molecule has 6 heteroatoms. The third-order valence-corrected chi connectivity index (χ3v) is 5.03. The molecule has 0 spiro atoms. The number of hydrogen-bond acceptors (Lipinski definition) is 5. The molecular formula is C19H28N4O2. The molecule has 2 N–H and O–H groups in total. The number of aliphatic hydroxyl groups excluding tert-OH is 1. The first-order valence-corrected chi connectivity index (χ1v) is 8.99. The minimum Gasteiger partial charge on any atom is -0.490 e. The van der Waals surface area contributed by atoms with Crippen molar-refractivity contribution in [2.24, 2.45) is 5.92 Å². The highest BCUT2D eigenvalue weighted by Crippen LogP contribution is 2.25. The maximum absolute atomic E-state index is 10.2. The molecule has 2 aromatic rings. The summed E-state index contributed by atoms with van der Waals surface area (Å²) in [4.78, 5) is 0. The maximum Gasteiger partial charge on any atom is 0.132 e. The normalized spacial score (nSPS) is 18.0. The third kappa shape index (κ3) is 4.38. The average molecular weight is 344 g/mol. The van der Waals surface area contributed by atoms with Crippen molar-refractivity contribution < 1.29 is 9.84 Å². The van der Waals surface area contributed by atoms with Gasteiger partial charge in [0.25, 0.3) is 0 Å². The molecule has 0 saturated carbocycles. The van der Waals surface area contributed by atoms with E-state index in [1.807, 2.05) is 6.92 Å². The fourth-order valence-corrected chi connectivity index (χ4v) is 3.33. The molecule has 6 nitrogen and oxygen atoms in total. The SMILES string of the molecule is Cc1ccc(C)c(OCC(O)CNCC2CCc3nncn3C2)c1C. The quantitative estimate of drug-likeness (QED) is 0.801. The molecule has 0 fully saturated rings. The van der Waals surface area contributed by atoms with E-state index in [4.69, 9.17) is 4.74 Å². The van der Waals surface area contributed by atoms with E-state index in [9.17, 15) is 5.11 Å². The van der Waals surface area contributed by atoms with E-state index in [2.05, 4.69) is 46.1 Å². The van der Waals surface area contributed by atoms with Crippen LogP contribution in [0.2, 0.25) is 0 Å². The van der Waals surface area contributed by atoms with Crippen LogP contribution in [0.3, 0.4) is 0 Å². The average Bonchev–Trinajstić information content (AvgIpc) is 3.06. The molecule has 1 aliphatic heterocycles. The molecule has 1 aliphatic rings. The number of fused-ring (bicyclic) bond motifs is 1. The lowest BCUT2D eigenvalue weighted by molar-refractivity contribution is 0.104. The maximum atomic E-state index is 10.2. The summed E-state index contributed by atoms with van der Waals surface area (Å²) in [6.45, 7) is 8.85. The molecule has 25 heavy (non-hydrogen) atoms. The zero-order chi connectivity index (χ0) is 17.8. The fourth-order valence-electron chi connectivity index (χ4n) is 3.33. The monoisotopic (exact) mass is 344 g/mol. The molecule has 0 bridgehead atoms. The van der Waals surface area contributed by atoms with Crippen LogP contribution in [0.4, 0.5) is 0 Å². The van der Waals surface area contributed by atoms with Gasteiger partial charge in [0, 0.05) is 19.5 Å². The summed E-state index contributed by atoms with van der Waals surface area (Å²) in [5.41, 5.74) is 3.46. The Bertz CT molecular complexity index is 713. The van der Waals surface area contributed by atoms with Crippen LogP contribution in [0.15, 0.2) is 18.5 Å². The van der Waals surface area contributed by atoms with Crippen LogP contribution in [0.25, 0.3) is 0 Å². The molecular weight excluding hydrogens is 316 g/mol. The third-order valence-electron chi connectivity index (χ3n) is 5.03. The number of aryl methyl sites for hydroxylation is 3. The van der Waals surface area contributed by atoms with Gasteiger partial charge in [-0.3, -0.25) is 0 Å². The van der Waals surface area contributed by atoms with Crippen molar-refractivity contribution in [3.63, 3.8) is 0 Å². The highest BCUT2D eigenvalue weighted by molar-refractivity contribution is 5.44. The highest BCUT2D eigenvalue weighted by atomic mass is 16.5. The summed E-state index contributed by atoms with van der Waals surface area (Å²) in [5.74, 6) is 2.53. The molecule has 2 heterocycles. The molecule has 0 aliphatic carbocycles. The molecule has 1 aromatic carbocycles. The van der Waals surface area contributed by atoms with Gasteiger partial charge in [-0.05, 0) is 56.3 Å². The smallest absolute Gasteiger partial charge is 0.132 e. The molecule has 0 radical (unpaired) electrons. The van der Waals surface area contributed by atoms with Crippen LogP contribution in [-0.4, -0.2) is 45.7 Å². The minimum absolute atomic E-state index is 0.304. The lowest BCUT2D eigenvalue weighted by Crippen LogP contribution is -2.36. The van der Waals surface area contributed by atoms with Gasteiger partial charge < -0.3 is 19.7 Å². The van der Waals surface area contributed by atoms with Gasteiger partial charge in [0.2, 0.25) is 0 Å². The Balaban J connectivity index is 1.40. The van der Waals surface area contributed by atoms with Crippen molar-refractivity contribution in [2.45, 2.75) is 46.3 Å². The Kier molecular flexibility index (Phi) is 5.71. The number of nitrogens with zero attached hydrogens (tertiary/aromatic N) is 3. The second-order valence-electron chi connectivity index (χ2n) is 7.08. The van der Waals surface area contributed by atoms with Crippen LogP contribution >= 0.6 is 0 Å². The summed E-state index contributed by atoms with van der Waals surface area (Å²) < 4.78 is 8.00. The largest absolute Gasteiger partial charge is 0.490 e. The van der Waals surface area contributed by atoms with Crippen molar-refractivity contribution in [1.29, 1.82) is 0 Å². The van der Waals surface area contributed by atoms with E-state index < -0.39 is 6.10 Å². The number of aliphatic hydroxyl groups is 1. The second-order valence-corrected chi connectivity index (χ2v) is 7.08. The molecule has 3 rings (SSSR count). The Morgan fingerprint density at radius 1 is 1.32 bits per heavy atom. The molecule has 1 aromatic heterocycles. The van der Waals surface area contributed by atoms with Gasteiger partial charge in [-0.25, -0.2) is 0 Å². The molecule has 0 saturated heterocycles. The number of hydrogen-bond donors (Lipinski definition) is 2. The van der Waals surface area contributed by atoms with E-state index in [0.29, 0.717) is 19.1 Å². The van der Waals surface area contributed by atoms with E-state index >= 15 is 0 Å². The van der Waals surface area contributed by atoms with Crippen LogP contribution < -0.4 is 10.1 Å². The van der Waals surface area contributed by atoms with Gasteiger partial charge in [0.15, 0.2) is 0 Å². The minimum atomic E-state index is -0.520. The zero-order valence-corrected chi connectivity index (χ0v) is 15.3. The molecule has 2 atom stereocenters. The van der Waals surface area contributed by atoms with Crippen molar-refractivity contribution in [3.05, 3.63) is 41.0 Å². The predicted octanol–water partition coefficient (Wildman–Crippen LogP) is 1.80. The molecule has 136 valence electrons. The van der Waals surface area contributed by atoms with Gasteiger partial charge in [0.05, 0.1) is 0 Å². The topological polar surface area (TPSA) is 72.2 Å². The number of nitrogens with one attached hydrogen (secondary N) is 1. The van der Waals surface area contributed by atoms with E-state index in [-0.39, 0.29) is 0 Å². The van der Waals surface area contributed by atoms with Crippen molar-refractivity contribution in [1.82, 2.24) is 20.1 Å². The lowest BCUT2D eigenvalue weighted by atomic mass is 9.99. The molecule has 0 amide bonds. The van der Waals surface area contributed by atoms with Gasteiger partial charge >= 0.3 is 0 Å². The Hall–Kier alpha value is -1.92. The number of ether oxygens (including phenoxy) is 1. The van der Waals surface area contributed by atoms with E-state index in [1.54, 1.807) is 6.33 Å². The summed E-state index contributed by atoms with van der Waals surface area (Å²) in [7, 11) is 0. The summed E-state index contributed by atoms with van der Waals surface area (Å²) in [6.07, 6.45) is 3.37. The summed E-state index contributed by atoms with van der Waals surface area (Å²) >= 11 is 0. The predicted molar refractivity (Wildman–Crippen MR) is 96.9 cm³/mol. The number of benzene rings is 1. The Morgan fingerprint density at radius 3 is 2.96 bits per heavy atom. The first-order valence-electron chi connectivity index (χ1n) is 8.99. The molecule has 2 unspecified atom stereocenters. The van der Waals surface area contributed by atoms with Crippen LogP contribution in [0.1, 0.15) is 28.9 Å². The van der Waals surface area contributed by atoms with Crippen LogP contribution in [0, 0.1) is 26.7 Å². The van der Waals surface area contributed by atoms with Gasteiger partial charge in [-0.15, -0.1) is 10.2 Å². The Morgan fingerprint density at radius 2 is 2.12 bits per heavy atom. The van der Waals surface area contributed by atoms with Gasteiger partial charge in [-0.1, -0.05) is 12.1 Å². The van der Waals surface area contributed by atoms with Gasteiger partial charge in [-0.2, -0.15) is 0 Å². The van der Waals surface area contributed by atoms with E-state index in [0.717, 1.165) is 48.6 Å². The number of rotatable bonds is 7. The highest BCUT2D eigenvalue weighted by Gasteiger charge is 2.19. The Labute approximate surface area is 149 Å². The first kappa shape index (κ1) is 17.9. The first-order chi connectivity index (χ1) is 12.0. The fraction of sp³-hybridized carbons (Fsp3) is 0.579. The van der Waals surface area contributed by atoms with Crippen LogP contribution in [0.5, 0.6) is 5.75 Å². The second kappa shape index (κ2) is 7.97. The van der Waals surface area contributed by atoms with Crippen molar-refractivity contribution in [3.8, 4) is 5.75 Å².